The van der Waals surface area contributed by atoms with Crippen LogP contribution >= 0.6 is 0 Å². The second-order valence-electron chi connectivity index (χ2n) is 4.06. The maximum atomic E-state index is 5.59. The molecule has 2 aromatic rings. The predicted octanol–water partition coefficient (Wildman–Crippen LogP) is 2.11. The number of aromatic amines is 1. The first-order chi connectivity index (χ1) is 8.33. The summed E-state index contributed by atoms with van der Waals surface area (Å²) in [6, 6.07) is 5.99. The number of hydrogen-bond donors (Lipinski definition) is 2. The first kappa shape index (κ1) is 11.9. The standard InChI is InChI=1S/C13H19N3O/c1-3-8-17-10-4-5-11-12(9-10)16-13(15-11)6-7-14-2/h4-5,9,14H,3,6-8H2,1-2H3,(H,15,16). The number of rotatable bonds is 6. The van der Waals surface area contributed by atoms with Crippen LogP contribution in [0, 0.1) is 0 Å². The summed E-state index contributed by atoms with van der Waals surface area (Å²) in [4.78, 5) is 7.84. The Bertz CT molecular complexity index is 472. The molecule has 4 heteroatoms. The second kappa shape index (κ2) is 5.68. The summed E-state index contributed by atoms with van der Waals surface area (Å²) in [5, 5.41) is 3.12. The number of fused-ring (bicyclic) bond motifs is 1. The van der Waals surface area contributed by atoms with Gasteiger partial charge in [0.2, 0.25) is 0 Å². The zero-order chi connectivity index (χ0) is 12.1. The molecule has 92 valence electrons. The molecule has 1 aromatic heterocycles. The van der Waals surface area contributed by atoms with Gasteiger partial charge in [-0.2, -0.15) is 0 Å². The molecular weight excluding hydrogens is 214 g/mol. The molecule has 0 amide bonds. The van der Waals surface area contributed by atoms with Gasteiger partial charge in [-0.25, -0.2) is 4.98 Å². The van der Waals surface area contributed by atoms with Crippen molar-refractivity contribution in [2.24, 2.45) is 0 Å². The van der Waals surface area contributed by atoms with Crippen LogP contribution in [0.25, 0.3) is 11.0 Å². The fraction of sp³-hybridized carbons (Fsp3) is 0.462. The Morgan fingerprint density at radius 2 is 2.29 bits per heavy atom. The van der Waals surface area contributed by atoms with Crippen LogP contribution in [-0.2, 0) is 6.42 Å². The molecule has 0 aliphatic heterocycles. The van der Waals surface area contributed by atoms with E-state index in [2.05, 4.69) is 22.2 Å². The van der Waals surface area contributed by atoms with Crippen LogP contribution in [-0.4, -0.2) is 30.2 Å². The zero-order valence-electron chi connectivity index (χ0n) is 10.4. The number of likely N-dealkylation sites (N-methyl/N-ethyl adjacent to an activating group) is 1. The van der Waals surface area contributed by atoms with E-state index in [1.54, 1.807) is 0 Å². The number of aromatic nitrogens is 2. The van der Waals surface area contributed by atoms with Crippen molar-refractivity contribution in [2.45, 2.75) is 19.8 Å². The molecule has 0 aliphatic rings. The number of H-pyrrole nitrogens is 1. The number of imidazole rings is 1. The Labute approximate surface area is 101 Å². The van der Waals surface area contributed by atoms with E-state index in [4.69, 9.17) is 4.74 Å². The van der Waals surface area contributed by atoms with E-state index in [-0.39, 0.29) is 0 Å². The molecular formula is C13H19N3O. The van der Waals surface area contributed by atoms with Crippen molar-refractivity contribution >= 4 is 11.0 Å². The van der Waals surface area contributed by atoms with Crippen LogP contribution in [0.5, 0.6) is 5.75 Å². The minimum atomic E-state index is 0.756. The predicted molar refractivity (Wildman–Crippen MR) is 69.5 cm³/mol. The summed E-state index contributed by atoms with van der Waals surface area (Å²) in [5.41, 5.74) is 2.05. The van der Waals surface area contributed by atoms with Gasteiger partial charge in [0, 0.05) is 19.0 Å². The third-order valence-electron chi connectivity index (χ3n) is 2.59. The highest BCUT2D eigenvalue weighted by Gasteiger charge is 2.03. The fourth-order valence-electron chi connectivity index (χ4n) is 1.71. The first-order valence-corrected chi connectivity index (χ1v) is 6.09. The summed E-state index contributed by atoms with van der Waals surface area (Å²) >= 11 is 0. The lowest BCUT2D eigenvalue weighted by molar-refractivity contribution is 0.318. The molecule has 0 radical (unpaired) electrons. The highest BCUT2D eigenvalue weighted by Crippen LogP contribution is 2.19. The summed E-state index contributed by atoms with van der Waals surface area (Å²) < 4.78 is 5.59. The SMILES string of the molecule is CCCOc1ccc2nc(CCNC)[nH]c2c1. The molecule has 0 saturated heterocycles. The van der Waals surface area contributed by atoms with Gasteiger partial charge in [-0.1, -0.05) is 6.92 Å². The van der Waals surface area contributed by atoms with Gasteiger partial charge < -0.3 is 15.0 Å². The van der Waals surface area contributed by atoms with Crippen LogP contribution in [0.15, 0.2) is 18.2 Å². The van der Waals surface area contributed by atoms with Crippen molar-refractivity contribution in [3.8, 4) is 5.75 Å². The van der Waals surface area contributed by atoms with Crippen molar-refractivity contribution in [3.05, 3.63) is 24.0 Å². The van der Waals surface area contributed by atoms with Gasteiger partial charge in [0.15, 0.2) is 0 Å². The maximum Gasteiger partial charge on any atom is 0.121 e. The van der Waals surface area contributed by atoms with Crippen molar-refractivity contribution < 1.29 is 4.74 Å². The normalized spacial score (nSPS) is 10.9. The number of nitrogens with one attached hydrogen (secondary N) is 2. The van der Waals surface area contributed by atoms with Crippen LogP contribution in [0.2, 0.25) is 0 Å². The third kappa shape index (κ3) is 2.97. The van der Waals surface area contributed by atoms with Crippen molar-refractivity contribution in [3.63, 3.8) is 0 Å². The molecule has 0 atom stereocenters. The summed E-state index contributed by atoms with van der Waals surface area (Å²) in [7, 11) is 1.94. The minimum Gasteiger partial charge on any atom is -0.494 e. The van der Waals surface area contributed by atoms with E-state index in [9.17, 15) is 0 Å². The van der Waals surface area contributed by atoms with Gasteiger partial charge >= 0.3 is 0 Å². The van der Waals surface area contributed by atoms with E-state index in [0.717, 1.165) is 48.6 Å². The van der Waals surface area contributed by atoms with E-state index < -0.39 is 0 Å². The average Bonchev–Trinajstić information content (AvgIpc) is 2.75. The number of ether oxygens (including phenoxy) is 1. The van der Waals surface area contributed by atoms with Crippen LogP contribution in [0.1, 0.15) is 19.2 Å². The molecule has 0 spiro atoms. The van der Waals surface area contributed by atoms with Gasteiger partial charge in [0.25, 0.3) is 0 Å². The Morgan fingerprint density at radius 3 is 3.06 bits per heavy atom. The highest BCUT2D eigenvalue weighted by molar-refractivity contribution is 5.76. The minimum absolute atomic E-state index is 0.756. The van der Waals surface area contributed by atoms with Crippen LogP contribution in [0.4, 0.5) is 0 Å². The van der Waals surface area contributed by atoms with Crippen molar-refractivity contribution in [1.82, 2.24) is 15.3 Å². The Balaban J connectivity index is 2.15. The number of benzene rings is 1. The fourth-order valence-corrected chi connectivity index (χ4v) is 1.71. The quantitative estimate of drug-likeness (QED) is 0.803. The number of hydrogen-bond acceptors (Lipinski definition) is 3. The summed E-state index contributed by atoms with van der Waals surface area (Å²) in [6.45, 7) is 3.79. The molecule has 4 nitrogen and oxygen atoms in total. The van der Waals surface area contributed by atoms with Gasteiger partial charge in [-0.3, -0.25) is 0 Å². The van der Waals surface area contributed by atoms with Gasteiger partial charge in [0.05, 0.1) is 17.6 Å². The van der Waals surface area contributed by atoms with E-state index in [1.807, 2.05) is 25.2 Å². The van der Waals surface area contributed by atoms with Crippen LogP contribution in [0.3, 0.4) is 0 Å². The Morgan fingerprint density at radius 1 is 1.41 bits per heavy atom. The molecule has 1 aromatic carbocycles. The molecule has 17 heavy (non-hydrogen) atoms. The van der Waals surface area contributed by atoms with Gasteiger partial charge in [0.1, 0.15) is 11.6 Å². The monoisotopic (exact) mass is 233 g/mol. The van der Waals surface area contributed by atoms with E-state index in [1.165, 1.54) is 0 Å². The van der Waals surface area contributed by atoms with Crippen molar-refractivity contribution in [2.75, 3.05) is 20.2 Å². The number of nitrogens with zero attached hydrogens (tertiary/aromatic N) is 1. The van der Waals surface area contributed by atoms with Gasteiger partial charge in [-0.15, -0.1) is 0 Å². The molecule has 0 saturated carbocycles. The largest absolute Gasteiger partial charge is 0.494 e. The molecule has 2 rings (SSSR count). The van der Waals surface area contributed by atoms with Crippen molar-refractivity contribution in [1.29, 1.82) is 0 Å². The maximum absolute atomic E-state index is 5.59. The van der Waals surface area contributed by atoms with E-state index in [0.29, 0.717) is 0 Å². The molecule has 2 N–H and O–H groups in total. The zero-order valence-corrected chi connectivity index (χ0v) is 10.4. The second-order valence-corrected chi connectivity index (χ2v) is 4.06. The Hall–Kier alpha value is -1.55. The molecule has 0 unspecified atom stereocenters. The molecule has 0 fully saturated rings. The molecule has 0 bridgehead atoms. The average molecular weight is 233 g/mol. The lowest BCUT2D eigenvalue weighted by atomic mass is 10.3. The summed E-state index contributed by atoms with van der Waals surface area (Å²) in [6.07, 6.45) is 1.94. The molecule has 1 heterocycles. The summed E-state index contributed by atoms with van der Waals surface area (Å²) in [5.74, 6) is 1.92. The molecule has 0 aliphatic carbocycles. The van der Waals surface area contributed by atoms with Crippen LogP contribution < -0.4 is 10.1 Å². The topological polar surface area (TPSA) is 49.9 Å². The first-order valence-electron chi connectivity index (χ1n) is 6.09. The van der Waals surface area contributed by atoms with Gasteiger partial charge in [-0.05, 0) is 25.6 Å². The highest BCUT2D eigenvalue weighted by atomic mass is 16.5. The Kier molecular flexibility index (Phi) is 3.98. The lowest BCUT2D eigenvalue weighted by Crippen LogP contribution is -2.10. The smallest absolute Gasteiger partial charge is 0.121 e. The third-order valence-corrected chi connectivity index (χ3v) is 2.59. The van der Waals surface area contributed by atoms with E-state index >= 15 is 0 Å². The lowest BCUT2D eigenvalue weighted by Gasteiger charge is -2.03.